The largest absolute Gasteiger partial charge is 0.507 e. The summed E-state index contributed by atoms with van der Waals surface area (Å²) in [5.41, 5.74) is 1.03. The van der Waals surface area contributed by atoms with Crippen LogP contribution in [0.5, 0.6) is 11.5 Å². The van der Waals surface area contributed by atoms with Gasteiger partial charge in [-0.15, -0.1) is 11.3 Å². The molecular weight excluding hydrogens is 450 g/mol. The molecule has 1 unspecified atom stereocenters. The van der Waals surface area contributed by atoms with Gasteiger partial charge in [0.05, 0.1) is 19.3 Å². The number of benzene rings is 2. The smallest absolute Gasteiger partial charge is 0.300 e. The lowest BCUT2D eigenvalue weighted by atomic mass is 9.99. The first-order chi connectivity index (χ1) is 16.5. The van der Waals surface area contributed by atoms with Crippen molar-refractivity contribution in [3.63, 3.8) is 0 Å². The van der Waals surface area contributed by atoms with Crippen LogP contribution in [0.25, 0.3) is 5.76 Å². The van der Waals surface area contributed by atoms with Crippen molar-refractivity contribution in [2.45, 2.75) is 32.2 Å². The van der Waals surface area contributed by atoms with Gasteiger partial charge in [0.15, 0.2) is 0 Å². The quantitative estimate of drug-likeness (QED) is 0.178. The van der Waals surface area contributed by atoms with Crippen LogP contribution in [0.15, 0.2) is 71.6 Å². The predicted molar refractivity (Wildman–Crippen MR) is 134 cm³/mol. The highest BCUT2D eigenvalue weighted by Crippen LogP contribution is 2.44. The fourth-order valence-corrected chi connectivity index (χ4v) is 4.81. The standard InChI is InChI=1S/C27H27NO5S/c1-3-4-5-15-33-20-13-11-18(12-14-20)25(29)23-24(22-10-7-16-34-22)28(27(31)26(23)30)19-8-6-9-21(17-19)32-2/h6-14,16-17,24,29H,3-5,15H2,1-2H3/b25-23-. The second kappa shape index (κ2) is 10.6. The number of methoxy groups -OCH3 is 1. The Morgan fingerprint density at radius 2 is 1.82 bits per heavy atom. The van der Waals surface area contributed by atoms with Crippen molar-refractivity contribution in [3.05, 3.63) is 82.1 Å². The number of anilines is 1. The molecule has 1 amide bonds. The predicted octanol–water partition coefficient (Wildman–Crippen LogP) is 5.95. The average molecular weight is 478 g/mol. The third-order valence-electron chi connectivity index (χ3n) is 5.73. The van der Waals surface area contributed by atoms with Crippen molar-refractivity contribution in [2.75, 3.05) is 18.6 Å². The van der Waals surface area contributed by atoms with Crippen LogP contribution in [0.4, 0.5) is 5.69 Å². The van der Waals surface area contributed by atoms with Crippen LogP contribution in [-0.4, -0.2) is 30.5 Å². The number of amides is 1. The summed E-state index contributed by atoms with van der Waals surface area (Å²) in [6, 6.07) is 16.9. The molecule has 3 aromatic rings. The minimum Gasteiger partial charge on any atom is -0.507 e. The summed E-state index contributed by atoms with van der Waals surface area (Å²) in [7, 11) is 1.54. The van der Waals surface area contributed by atoms with Crippen LogP contribution in [0, 0.1) is 0 Å². The number of rotatable bonds is 9. The highest BCUT2D eigenvalue weighted by atomic mass is 32.1. The van der Waals surface area contributed by atoms with Gasteiger partial charge in [-0.05, 0) is 54.3 Å². The topological polar surface area (TPSA) is 76.1 Å². The van der Waals surface area contributed by atoms with E-state index in [1.165, 1.54) is 16.2 Å². The van der Waals surface area contributed by atoms with Crippen molar-refractivity contribution in [3.8, 4) is 11.5 Å². The number of Topliss-reactive ketones (excluding diaryl/α,β-unsaturated/α-hetero) is 1. The van der Waals surface area contributed by atoms with Gasteiger partial charge in [0.1, 0.15) is 23.3 Å². The summed E-state index contributed by atoms with van der Waals surface area (Å²) in [4.78, 5) is 28.5. The molecule has 2 aromatic carbocycles. The molecule has 176 valence electrons. The first-order valence-electron chi connectivity index (χ1n) is 11.3. The lowest BCUT2D eigenvalue weighted by molar-refractivity contribution is -0.132. The van der Waals surface area contributed by atoms with E-state index in [9.17, 15) is 14.7 Å². The molecule has 1 saturated heterocycles. The van der Waals surface area contributed by atoms with E-state index in [1.54, 1.807) is 55.6 Å². The SMILES string of the molecule is CCCCCOc1ccc(/C(O)=C2/C(=O)C(=O)N(c3cccc(OC)c3)C2c2cccs2)cc1. The maximum Gasteiger partial charge on any atom is 0.300 e. The molecule has 0 bridgehead atoms. The van der Waals surface area contributed by atoms with Crippen molar-refractivity contribution in [2.24, 2.45) is 0 Å². The van der Waals surface area contributed by atoms with Gasteiger partial charge in [0, 0.05) is 22.2 Å². The molecule has 1 N–H and O–H groups in total. The Hall–Kier alpha value is -3.58. The molecular formula is C27H27NO5S. The van der Waals surface area contributed by atoms with Gasteiger partial charge in [-0.25, -0.2) is 0 Å². The number of aliphatic hydroxyl groups is 1. The Kier molecular flexibility index (Phi) is 7.33. The maximum absolute atomic E-state index is 13.2. The third kappa shape index (κ3) is 4.70. The normalized spacial score (nSPS) is 17.2. The highest BCUT2D eigenvalue weighted by Gasteiger charge is 2.47. The molecule has 0 saturated carbocycles. The summed E-state index contributed by atoms with van der Waals surface area (Å²) in [5, 5.41) is 13.1. The molecule has 4 rings (SSSR count). The van der Waals surface area contributed by atoms with Gasteiger partial charge in [0.2, 0.25) is 0 Å². The molecule has 0 aliphatic carbocycles. The first kappa shape index (κ1) is 23.6. The van der Waals surface area contributed by atoms with E-state index in [1.807, 2.05) is 17.5 Å². The van der Waals surface area contributed by atoms with Crippen LogP contribution in [0.3, 0.4) is 0 Å². The average Bonchev–Trinajstić information content (AvgIpc) is 3.49. The number of nitrogens with zero attached hydrogens (tertiary/aromatic N) is 1. The monoisotopic (exact) mass is 477 g/mol. The van der Waals surface area contributed by atoms with Gasteiger partial charge in [-0.3, -0.25) is 14.5 Å². The molecule has 0 radical (unpaired) electrons. The molecule has 1 fully saturated rings. The van der Waals surface area contributed by atoms with E-state index in [4.69, 9.17) is 9.47 Å². The number of thiophene rings is 1. The van der Waals surface area contributed by atoms with Crippen LogP contribution < -0.4 is 14.4 Å². The molecule has 2 heterocycles. The minimum atomic E-state index is -0.739. The number of ketones is 1. The van der Waals surface area contributed by atoms with Crippen LogP contribution >= 0.6 is 11.3 Å². The first-order valence-corrected chi connectivity index (χ1v) is 12.1. The number of hydrogen-bond donors (Lipinski definition) is 1. The van der Waals surface area contributed by atoms with Crippen molar-refractivity contribution in [1.29, 1.82) is 0 Å². The van der Waals surface area contributed by atoms with E-state index in [-0.39, 0.29) is 11.3 Å². The Morgan fingerprint density at radius 3 is 2.50 bits per heavy atom. The maximum atomic E-state index is 13.2. The number of carbonyl (C=O) groups is 2. The van der Waals surface area contributed by atoms with Crippen molar-refractivity contribution >= 4 is 34.5 Å². The number of carbonyl (C=O) groups excluding carboxylic acids is 2. The summed E-state index contributed by atoms with van der Waals surface area (Å²) in [5.74, 6) is -0.361. The number of hydrogen-bond acceptors (Lipinski definition) is 6. The zero-order valence-corrected chi connectivity index (χ0v) is 20.0. The molecule has 6 nitrogen and oxygen atoms in total. The van der Waals surface area contributed by atoms with Gasteiger partial charge in [-0.2, -0.15) is 0 Å². The summed E-state index contributed by atoms with van der Waals surface area (Å²) in [6.45, 7) is 2.77. The van der Waals surface area contributed by atoms with Crippen LogP contribution in [0.2, 0.25) is 0 Å². The molecule has 1 aliphatic rings. The molecule has 1 atom stereocenters. The Morgan fingerprint density at radius 1 is 1.03 bits per heavy atom. The van der Waals surface area contributed by atoms with E-state index in [2.05, 4.69) is 6.92 Å². The Bertz CT molecular complexity index is 1180. The number of aliphatic hydroxyl groups excluding tert-OH is 1. The number of ether oxygens (including phenoxy) is 2. The molecule has 1 aromatic heterocycles. The Balaban J connectivity index is 1.72. The summed E-state index contributed by atoms with van der Waals surface area (Å²) in [6.07, 6.45) is 3.20. The minimum absolute atomic E-state index is 0.0619. The van der Waals surface area contributed by atoms with Gasteiger partial charge in [-0.1, -0.05) is 31.9 Å². The number of unbranched alkanes of at least 4 members (excludes halogenated alkanes) is 2. The molecule has 1 aliphatic heterocycles. The highest BCUT2D eigenvalue weighted by molar-refractivity contribution is 7.10. The Labute approximate surface area is 203 Å². The van der Waals surface area contributed by atoms with Crippen LogP contribution in [0.1, 0.15) is 42.7 Å². The third-order valence-corrected chi connectivity index (χ3v) is 6.66. The van der Waals surface area contributed by atoms with Crippen molar-refractivity contribution < 1.29 is 24.2 Å². The second-order valence-electron chi connectivity index (χ2n) is 7.97. The van der Waals surface area contributed by atoms with E-state index < -0.39 is 17.7 Å². The fourth-order valence-electron chi connectivity index (χ4n) is 3.98. The molecule has 34 heavy (non-hydrogen) atoms. The second-order valence-corrected chi connectivity index (χ2v) is 8.95. The lowest BCUT2D eigenvalue weighted by Gasteiger charge is -2.24. The van der Waals surface area contributed by atoms with E-state index in [0.717, 1.165) is 24.1 Å². The fraction of sp³-hybridized carbons (Fsp3) is 0.259. The van der Waals surface area contributed by atoms with Gasteiger partial charge >= 0.3 is 0 Å². The molecule has 0 spiro atoms. The zero-order valence-electron chi connectivity index (χ0n) is 19.2. The van der Waals surface area contributed by atoms with E-state index >= 15 is 0 Å². The van der Waals surface area contributed by atoms with Gasteiger partial charge in [0.25, 0.3) is 11.7 Å². The summed E-state index contributed by atoms with van der Waals surface area (Å²) >= 11 is 1.42. The van der Waals surface area contributed by atoms with Crippen LogP contribution in [-0.2, 0) is 9.59 Å². The van der Waals surface area contributed by atoms with Gasteiger partial charge < -0.3 is 14.6 Å². The zero-order chi connectivity index (χ0) is 24.1. The van der Waals surface area contributed by atoms with E-state index in [0.29, 0.717) is 29.4 Å². The van der Waals surface area contributed by atoms with Crippen molar-refractivity contribution in [1.82, 2.24) is 0 Å². The molecule has 7 heteroatoms. The lowest BCUT2D eigenvalue weighted by Crippen LogP contribution is -2.29. The summed E-state index contributed by atoms with van der Waals surface area (Å²) < 4.78 is 11.1.